The van der Waals surface area contributed by atoms with Gasteiger partial charge in [0.1, 0.15) is 18.0 Å². The van der Waals surface area contributed by atoms with Gasteiger partial charge in [0.15, 0.2) is 5.69 Å². The Morgan fingerprint density at radius 3 is 2.89 bits per heavy atom. The Labute approximate surface area is 203 Å². The van der Waals surface area contributed by atoms with E-state index in [1.165, 1.54) is 7.11 Å². The quantitative estimate of drug-likeness (QED) is 0.377. The molecule has 0 unspecified atom stereocenters. The second kappa shape index (κ2) is 11.2. The number of anilines is 2. The number of hydrogen-bond acceptors (Lipinski definition) is 8. The van der Waals surface area contributed by atoms with Crippen molar-refractivity contribution >= 4 is 34.3 Å². The smallest absolute Gasteiger partial charge is 0.356 e. The molecule has 1 amide bonds. The minimum absolute atomic E-state index is 0.0498. The van der Waals surface area contributed by atoms with Crippen LogP contribution in [0.25, 0.3) is 11.0 Å². The SMILES string of the molecule is CCn1c(C(=O)OC)c(NC(=O)[C@H]2CCOC2)c2cc(NCc3cccc(OCCO)c3)cnc21. The number of aliphatic hydroxyl groups excluding tert-OH is 1. The second-order valence-corrected chi connectivity index (χ2v) is 8.18. The lowest BCUT2D eigenvalue weighted by atomic mass is 10.1. The summed E-state index contributed by atoms with van der Waals surface area (Å²) >= 11 is 0. The van der Waals surface area contributed by atoms with Crippen LogP contribution in [0.3, 0.4) is 0 Å². The standard InChI is InChI=1S/C25H30N4O6/c1-3-29-22(25(32)33-2)21(28-24(31)17-7-9-34-15-17)20-12-18(14-27-23(20)29)26-13-16-5-4-6-19(11-16)35-10-8-30/h4-6,11-12,14,17,26,30H,3,7-10,13,15H2,1-2H3,(H,28,31)/t17-/m0/s1. The number of aromatic nitrogens is 2. The highest BCUT2D eigenvalue weighted by molar-refractivity contribution is 6.11. The molecule has 35 heavy (non-hydrogen) atoms. The molecule has 1 fully saturated rings. The van der Waals surface area contributed by atoms with Gasteiger partial charge in [0.05, 0.1) is 43.8 Å². The van der Waals surface area contributed by atoms with E-state index in [0.717, 1.165) is 11.3 Å². The number of aryl methyl sites for hydroxylation is 1. The summed E-state index contributed by atoms with van der Waals surface area (Å²) in [6.45, 7) is 3.97. The van der Waals surface area contributed by atoms with Crippen LogP contribution in [0.1, 0.15) is 29.4 Å². The van der Waals surface area contributed by atoms with Gasteiger partial charge in [-0.2, -0.15) is 0 Å². The third-order valence-corrected chi connectivity index (χ3v) is 5.90. The number of pyridine rings is 1. The average Bonchev–Trinajstić information content (AvgIpc) is 3.53. The van der Waals surface area contributed by atoms with Gasteiger partial charge in [0.2, 0.25) is 5.91 Å². The van der Waals surface area contributed by atoms with E-state index < -0.39 is 5.97 Å². The number of amides is 1. The van der Waals surface area contributed by atoms with E-state index in [-0.39, 0.29) is 30.7 Å². The number of carbonyl (C=O) groups excluding carboxylic acids is 2. The molecule has 3 N–H and O–H groups in total. The zero-order chi connectivity index (χ0) is 24.8. The van der Waals surface area contributed by atoms with Crippen LogP contribution in [0.2, 0.25) is 0 Å². The van der Waals surface area contributed by atoms with Gasteiger partial charge in [0, 0.05) is 25.1 Å². The van der Waals surface area contributed by atoms with E-state index in [0.29, 0.717) is 55.2 Å². The van der Waals surface area contributed by atoms with E-state index in [4.69, 9.17) is 19.3 Å². The zero-order valence-corrected chi connectivity index (χ0v) is 19.9. The molecule has 0 bridgehead atoms. The number of benzene rings is 1. The Morgan fingerprint density at radius 1 is 1.31 bits per heavy atom. The van der Waals surface area contributed by atoms with Crippen LogP contribution < -0.4 is 15.4 Å². The van der Waals surface area contributed by atoms with Crippen molar-refractivity contribution in [1.29, 1.82) is 0 Å². The Hall–Kier alpha value is -3.63. The third kappa shape index (κ3) is 5.39. The van der Waals surface area contributed by atoms with Crippen molar-refractivity contribution in [2.24, 2.45) is 5.92 Å². The molecule has 0 radical (unpaired) electrons. The Bertz CT molecular complexity index is 1200. The van der Waals surface area contributed by atoms with Crippen molar-refractivity contribution in [2.75, 3.05) is 44.2 Å². The third-order valence-electron chi connectivity index (χ3n) is 5.90. The number of rotatable bonds is 10. The minimum Gasteiger partial charge on any atom is -0.491 e. The van der Waals surface area contributed by atoms with Crippen molar-refractivity contribution in [3.8, 4) is 5.75 Å². The number of methoxy groups -OCH3 is 1. The van der Waals surface area contributed by atoms with Gasteiger partial charge in [-0.1, -0.05) is 12.1 Å². The number of fused-ring (bicyclic) bond motifs is 1. The molecular formula is C25H30N4O6. The van der Waals surface area contributed by atoms with E-state index in [9.17, 15) is 9.59 Å². The van der Waals surface area contributed by atoms with Gasteiger partial charge >= 0.3 is 5.97 Å². The van der Waals surface area contributed by atoms with Crippen LogP contribution in [-0.4, -0.2) is 60.1 Å². The molecule has 0 aliphatic carbocycles. The molecule has 1 aromatic carbocycles. The summed E-state index contributed by atoms with van der Waals surface area (Å²) in [5.41, 5.74) is 2.94. The Balaban J connectivity index is 1.64. The van der Waals surface area contributed by atoms with E-state index >= 15 is 0 Å². The monoisotopic (exact) mass is 482 g/mol. The maximum atomic E-state index is 12.9. The maximum Gasteiger partial charge on any atom is 0.356 e. The first-order valence-electron chi connectivity index (χ1n) is 11.6. The van der Waals surface area contributed by atoms with Gasteiger partial charge in [-0.3, -0.25) is 4.79 Å². The normalized spacial score (nSPS) is 15.2. The van der Waals surface area contributed by atoms with Crippen LogP contribution in [0, 0.1) is 5.92 Å². The van der Waals surface area contributed by atoms with Crippen molar-refractivity contribution in [3.05, 3.63) is 47.8 Å². The number of carbonyl (C=O) groups is 2. The summed E-state index contributed by atoms with van der Waals surface area (Å²) in [6.07, 6.45) is 2.33. The van der Waals surface area contributed by atoms with Gasteiger partial charge in [-0.25, -0.2) is 9.78 Å². The van der Waals surface area contributed by atoms with Crippen molar-refractivity contribution in [1.82, 2.24) is 9.55 Å². The summed E-state index contributed by atoms with van der Waals surface area (Å²) in [4.78, 5) is 30.2. The van der Waals surface area contributed by atoms with Crippen LogP contribution in [0.5, 0.6) is 5.75 Å². The molecule has 1 aliphatic heterocycles. The predicted octanol–water partition coefficient (Wildman–Crippen LogP) is 2.80. The minimum atomic E-state index is -0.544. The first kappa shape index (κ1) is 24.5. The largest absolute Gasteiger partial charge is 0.491 e. The lowest BCUT2D eigenvalue weighted by Crippen LogP contribution is -2.24. The maximum absolute atomic E-state index is 12.9. The van der Waals surface area contributed by atoms with Gasteiger partial charge < -0.3 is 34.5 Å². The highest BCUT2D eigenvalue weighted by atomic mass is 16.5. The molecule has 4 rings (SSSR count). The van der Waals surface area contributed by atoms with Gasteiger partial charge in [0.25, 0.3) is 0 Å². The van der Waals surface area contributed by atoms with Crippen LogP contribution in [0.15, 0.2) is 36.5 Å². The number of nitrogens with zero attached hydrogens (tertiary/aromatic N) is 2. The number of nitrogens with one attached hydrogen (secondary N) is 2. The highest BCUT2D eigenvalue weighted by Crippen LogP contribution is 2.33. The topological polar surface area (TPSA) is 124 Å². The summed E-state index contributed by atoms with van der Waals surface area (Å²) in [5.74, 6) is -0.330. The summed E-state index contributed by atoms with van der Waals surface area (Å²) in [6, 6.07) is 9.44. The summed E-state index contributed by atoms with van der Waals surface area (Å²) in [7, 11) is 1.31. The lowest BCUT2D eigenvalue weighted by Gasteiger charge is -2.11. The molecule has 1 saturated heterocycles. The van der Waals surface area contributed by atoms with Gasteiger partial charge in [-0.15, -0.1) is 0 Å². The van der Waals surface area contributed by atoms with Crippen molar-refractivity contribution < 1.29 is 28.9 Å². The van der Waals surface area contributed by atoms with Crippen molar-refractivity contribution in [2.45, 2.75) is 26.4 Å². The van der Waals surface area contributed by atoms with E-state index in [2.05, 4.69) is 15.6 Å². The zero-order valence-electron chi connectivity index (χ0n) is 19.9. The average molecular weight is 483 g/mol. The lowest BCUT2D eigenvalue weighted by molar-refractivity contribution is -0.119. The Kier molecular flexibility index (Phi) is 7.84. The molecule has 0 spiro atoms. The van der Waals surface area contributed by atoms with Crippen LogP contribution in [0.4, 0.5) is 11.4 Å². The van der Waals surface area contributed by atoms with Crippen molar-refractivity contribution in [3.63, 3.8) is 0 Å². The number of hydrogen-bond donors (Lipinski definition) is 3. The highest BCUT2D eigenvalue weighted by Gasteiger charge is 2.29. The van der Waals surface area contributed by atoms with Crippen LogP contribution >= 0.6 is 0 Å². The number of esters is 1. The molecule has 186 valence electrons. The molecule has 1 aliphatic rings. The number of aliphatic hydroxyl groups is 1. The molecule has 3 heterocycles. The fourth-order valence-electron chi connectivity index (χ4n) is 4.14. The fourth-order valence-corrected chi connectivity index (χ4v) is 4.14. The summed E-state index contributed by atoms with van der Waals surface area (Å²) < 4.78 is 17.6. The molecule has 1 atom stereocenters. The van der Waals surface area contributed by atoms with Gasteiger partial charge in [-0.05, 0) is 37.1 Å². The first-order valence-corrected chi connectivity index (χ1v) is 11.6. The molecule has 3 aromatic rings. The second-order valence-electron chi connectivity index (χ2n) is 8.18. The molecule has 2 aromatic heterocycles. The predicted molar refractivity (Wildman–Crippen MR) is 131 cm³/mol. The first-order chi connectivity index (χ1) is 17.0. The fraction of sp³-hybridized carbons (Fsp3) is 0.400. The Morgan fingerprint density at radius 2 is 2.17 bits per heavy atom. The molecule has 10 heteroatoms. The van der Waals surface area contributed by atoms with Crippen LogP contribution in [-0.2, 0) is 27.4 Å². The van der Waals surface area contributed by atoms with E-state index in [1.54, 1.807) is 10.8 Å². The molecule has 10 nitrogen and oxygen atoms in total. The van der Waals surface area contributed by atoms with E-state index in [1.807, 2.05) is 37.3 Å². The summed E-state index contributed by atoms with van der Waals surface area (Å²) in [5, 5.41) is 15.9. The number of ether oxygens (including phenoxy) is 3. The molecular weight excluding hydrogens is 452 g/mol. The molecule has 0 saturated carbocycles.